The molecule has 0 radical (unpaired) electrons. The number of para-hydroxylation sites is 1. The maximum Gasteiger partial charge on any atom is 0.416 e. The van der Waals surface area contributed by atoms with Crippen molar-refractivity contribution in [1.82, 2.24) is 0 Å². The number of carbonyl (C=O) groups is 1. The molecule has 0 atom stereocenters. The molecule has 0 bridgehead atoms. The third-order valence-electron chi connectivity index (χ3n) is 5.03. The standard InChI is InChI=1S/C24H15BrF3N3O4/c1-14-18(23(32)30(29-14)17-5-3-2-4-6-17)11-15-7-9-21(19(25)12-15)35-22-10-8-16(24(26,27)28)13-20(22)31(33)34/h2-13H,1H3/b18-11+. The Labute approximate surface area is 205 Å². The molecule has 0 fully saturated rings. The summed E-state index contributed by atoms with van der Waals surface area (Å²) in [7, 11) is 0. The van der Waals surface area contributed by atoms with Crippen LogP contribution < -0.4 is 9.75 Å². The third-order valence-corrected chi connectivity index (χ3v) is 5.65. The highest BCUT2D eigenvalue weighted by atomic mass is 79.9. The SMILES string of the molecule is CC1=NN(c2ccccc2)C(=O)/C1=C/c1ccc(Oc2ccc(C(F)(F)F)cc2[N+](=O)[O-])c(Br)c1. The van der Waals surface area contributed by atoms with E-state index in [1.807, 2.05) is 6.07 Å². The van der Waals surface area contributed by atoms with Gasteiger partial charge in [0.2, 0.25) is 5.75 Å². The summed E-state index contributed by atoms with van der Waals surface area (Å²) < 4.78 is 44.7. The molecule has 7 nitrogen and oxygen atoms in total. The third kappa shape index (κ3) is 5.09. The van der Waals surface area contributed by atoms with Gasteiger partial charge in [-0.2, -0.15) is 23.3 Å². The van der Waals surface area contributed by atoms with E-state index in [9.17, 15) is 28.1 Å². The van der Waals surface area contributed by atoms with E-state index in [-0.39, 0.29) is 17.4 Å². The van der Waals surface area contributed by atoms with E-state index in [4.69, 9.17) is 4.74 Å². The van der Waals surface area contributed by atoms with Gasteiger partial charge in [0.25, 0.3) is 5.91 Å². The first-order chi connectivity index (χ1) is 16.5. The smallest absolute Gasteiger partial charge is 0.416 e. The highest BCUT2D eigenvalue weighted by molar-refractivity contribution is 9.10. The second-order valence-corrected chi connectivity index (χ2v) is 8.28. The van der Waals surface area contributed by atoms with Crippen LogP contribution in [0.4, 0.5) is 24.5 Å². The molecule has 0 unspecified atom stereocenters. The predicted molar refractivity (Wildman–Crippen MR) is 127 cm³/mol. The Morgan fingerprint density at radius 2 is 1.74 bits per heavy atom. The molecule has 178 valence electrons. The first-order valence-electron chi connectivity index (χ1n) is 10.0. The quantitative estimate of drug-likeness (QED) is 0.197. The van der Waals surface area contributed by atoms with Crippen molar-refractivity contribution in [3.05, 3.63) is 98.0 Å². The number of nitro benzene ring substituents is 1. The zero-order valence-electron chi connectivity index (χ0n) is 17.9. The molecule has 1 aliphatic rings. The molecule has 1 heterocycles. The van der Waals surface area contributed by atoms with E-state index in [0.717, 1.165) is 6.07 Å². The number of ether oxygens (including phenoxy) is 1. The number of rotatable bonds is 5. The van der Waals surface area contributed by atoms with Crippen LogP contribution in [0.5, 0.6) is 11.5 Å². The fourth-order valence-electron chi connectivity index (χ4n) is 3.33. The van der Waals surface area contributed by atoms with Crippen LogP contribution >= 0.6 is 15.9 Å². The molecule has 11 heteroatoms. The minimum Gasteiger partial charge on any atom is -0.449 e. The fourth-order valence-corrected chi connectivity index (χ4v) is 3.80. The van der Waals surface area contributed by atoms with Crippen molar-refractivity contribution in [2.75, 3.05) is 5.01 Å². The molecular weight excluding hydrogens is 531 g/mol. The van der Waals surface area contributed by atoms with Crippen LogP contribution in [0.1, 0.15) is 18.1 Å². The number of amides is 1. The van der Waals surface area contributed by atoms with Gasteiger partial charge in [-0.05, 0) is 70.9 Å². The Bertz CT molecular complexity index is 1390. The molecule has 0 aliphatic carbocycles. The second-order valence-electron chi connectivity index (χ2n) is 7.43. The fraction of sp³-hybridized carbons (Fsp3) is 0.0833. The molecule has 0 saturated carbocycles. The molecule has 3 aromatic rings. The van der Waals surface area contributed by atoms with Crippen LogP contribution in [0.25, 0.3) is 6.08 Å². The van der Waals surface area contributed by atoms with E-state index in [0.29, 0.717) is 39.1 Å². The monoisotopic (exact) mass is 545 g/mol. The maximum absolute atomic E-state index is 12.9. The van der Waals surface area contributed by atoms with E-state index in [1.165, 1.54) is 11.1 Å². The van der Waals surface area contributed by atoms with Gasteiger partial charge in [-0.3, -0.25) is 14.9 Å². The van der Waals surface area contributed by atoms with Crippen LogP contribution in [-0.2, 0) is 11.0 Å². The van der Waals surface area contributed by atoms with Crippen molar-refractivity contribution in [3.63, 3.8) is 0 Å². The Kier molecular flexibility index (Phi) is 6.44. The van der Waals surface area contributed by atoms with Crippen LogP contribution in [0.3, 0.4) is 0 Å². The van der Waals surface area contributed by atoms with Gasteiger partial charge in [-0.25, -0.2) is 0 Å². The minimum absolute atomic E-state index is 0.143. The van der Waals surface area contributed by atoms with E-state index in [1.54, 1.807) is 49.4 Å². The van der Waals surface area contributed by atoms with E-state index in [2.05, 4.69) is 21.0 Å². The number of alkyl halides is 3. The summed E-state index contributed by atoms with van der Waals surface area (Å²) in [6, 6.07) is 15.7. The highest BCUT2D eigenvalue weighted by Crippen LogP contribution is 2.39. The number of halogens is 4. The van der Waals surface area contributed by atoms with Crippen molar-refractivity contribution in [2.45, 2.75) is 13.1 Å². The number of nitro groups is 1. The molecule has 0 N–H and O–H groups in total. The van der Waals surface area contributed by atoms with Gasteiger partial charge in [0.15, 0.2) is 0 Å². The number of nitrogens with zero attached hydrogens (tertiary/aromatic N) is 3. The molecule has 1 amide bonds. The summed E-state index contributed by atoms with van der Waals surface area (Å²) in [4.78, 5) is 23.2. The first kappa shape index (κ1) is 24.1. The Morgan fingerprint density at radius 1 is 1.06 bits per heavy atom. The number of carbonyl (C=O) groups excluding carboxylic acids is 1. The molecule has 0 aromatic heterocycles. The lowest BCUT2D eigenvalue weighted by Crippen LogP contribution is -2.21. The van der Waals surface area contributed by atoms with Gasteiger partial charge >= 0.3 is 11.9 Å². The number of hydrogen-bond donors (Lipinski definition) is 0. The first-order valence-corrected chi connectivity index (χ1v) is 10.8. The molecule has 0 spiro atoms. The topological polar surface area (TPSA) is 85.0 Å². The summed E-state index contributed by atoms with van der Waals surface area (Å²) in [5, 5.41) is 16.9. The van der Waals surface area contributed by atoms with Crippen LogP contribution in [0, 0.1) is 10.1 Å². The Hall–Kier alpha value is -3.99. The maximum atomic E-state index is 12.9. The zero-order chi connectivity index (χ0) is 25.3. The van der Waals surface area contributed by atoms with Gasteiger partial charge in [-0.15, -0.1) is 0 Å². The zero-order valence-corrected chi connectivity index (χ0v) is 19.5. The average molecular weight is 546 g/mol. The van der Waals surface area contributed by atoms with Gasteiger partial charge < -0.3 is 4.74 Å². The molecule has 3 aromatic carbocycles. The molecule has 4 rings (SSSR count). The largest absolute Gasteiger partial charge is 0.449 e. The van der Waals surface area contributed by atoms with Crippen molar-refractivity contribution in [2.24, 2.45) is 5.10 Å². The van der Waals surface area contributed by atoms with Gasteiger partial charge in [0.05, 0.1) is 31.9 Å². The number of benzene rings is 3. The Morgan fingerprint density at radius 3 is 2.37 bits per heavy atom. The number of hydrazone groups is 1. The molecule has 0 saturated heterocycles. The summed E-state index contributed by atoms with van der Waals surface area (Å²) in [6.45, 7) is 1.71. The minimum atomic E-state index is -4.73. The summed E-state index contributed by atoms with van der Waals surface area (Å²) in [5.74, 6) is -0.503. The highest BCUT2D eigenvalue weighted by Gasteiger charge is 2.33. The normalized spacial score (nSPS) is 14.9. The predicted octanol–water partition coefficient (Wildman–Crippen LogP) is 6.97. The molecule has 1 aliphatic heterocycles. The summed E-state index contributed by atoms with van der Waals surface area (Å²) >= 11 is 3.31. The lowest BCUT2D eigenvalue weighted by atomic mass is 10.1. The van der Waals surface area contributed by atoms with Crippen LogP contribution in [0.15, 0.2) is 81.9 Å². The number of anilines is 1. The van der Waals surface area contributed by atoms with Gasteiger partial charge in [0.1, 0.15) is 5.75 Å². The van der Waals surface area contributed by atoms with Crippen molar-refractivity contribution in [1.29, 1.82) is 0 Å². The van der Waals surface area contributed by atoms with Crippen molar-refractivity contribution >= 4 is 45.0 Å². The van der Waals surface area contributed by atoms with Gasteiger partial charge in [-0.1, -0.05) is 24.3 Å². The van der Waals surface area contributed by atoms with Gasteiger partial charge in [0, 0.05) is 6.07 Å². The van der Waals surface area contributed by atoms with Crippen molar-refractivity contribution < 1.29 is 27.6 Å². The van der Waals surface area contributed by atoms with Crippen molar-refractivity contribution in [3.8, 4) is 11.5 Å². The second kappa shape index (κ2) is 9.34. The van der Waals surface area contributed by atoms with E-state index >= 15 is 0 Å². The lowest BCUT2D eigenvalue weighted by Gasteiger charge is -2.12. The molecular formula is C24H15BrF3N3O4. The number of hydrogen-bond acceptors (Lipinski definition) is 5. The summed E-state index contributed by atoms with van der Waals surface area (Å²) in [5.41, 5.74) is 0.175. The summed E-state index contributed by atoms with van der Waals surface area (Å²) in [6.07, 6.45) is -3.09. The van der Waals surface area contributed by atoms with Crippen LogP contribution in [-0.4, -0.2) is 16.5 Å². The molecule has 35 heavy (non-hydrogen) atoms. The average Bonchev–Trinajstić information content (AvgIpc) is 3.09. The van der Waals surface area contributed by atoms with Crippen LogP contribution in [0.2, 0.25) is 0 Å². The van der Waals surface area contributed by atoms with E-state index < -0.39 is 22.4 Å². The Balaban J connectivity index is 1.60. The lowest BCUT2D eigenvalue weighted by molar-refractivity contribution is -0.385.